The van der Waals surface area contributed by atoms with Gasteiger partial charge < -0.3 is 15.7 Å². The fraction of sp³-hybridized carbons (Fsp3) is 0.385. The fourth-order valence-corrected chi connectivity index (χ4v) is 1.69. The molecule has 1 aromatic rings. The Balaban J connectivity index is 2.74. The minimum absolute atomic E-state index is 0.162. The third-order valence-electron chi connectivity index (χ3n) is 3.08. The summed E-state index contributed by atoms with van der Waals surface area (Å²) < 4.78 is 0. The van der Waals surface area contributed by atoms with E-state index in [0.717, 1.165) is 0 Å². The zero-order valence-electron chi connectivity index (χ0n) is 11.7. The highest BCUT2D eigenvalue weighted by atomic mass is 16.6. The van der Waals surface area contributed by atoms with Crippen LogP contribution in [-0.4, -0.2) is 28.1 Å². The maximum atomic E-state index is 11.8. The summed E-state index contributed by atoms with van der Waals surface area (Å²) >= 11 is 0. The number of carboxylic acid groups (broad SMARTS) is 1. The molecule has 21 heavy (non-hydrogen) atoms. The van der Waals surface area contributed by atoms with Crippen LogP contribution in [0, 0.1) is 16.0 Å². The van der Waals surface area contributed by atoms with Crippen molar-refractivity contribution >= 4 is 23.4 Å². The molecule has 0 aliphatic rings. The molecular weight excluding hydrogens is 278 g/mol. The van der Waals surface area contributed by atoms with Gasteiger partial charge in [-0.05, 0) is 12.0 Å². The summed E-state index contributed by atoms with van der Waals surface area (Å²) in [5.74, 6) is -1.36. The molecule has 2 unspecified atom stereocenters. The highest BCUT2D eigenvalue weighted by Gasteiger charge is 2.25. The molecule has 0 aliphatic carbocycles. The van der Waals surface area contributed by atoms with E-state index in [1.165, 1.54) is 24.3 Å². The molecule has 8 nitrogen and oxygen atoms in total. The molecule has 0 aliphatic heterocycles. The van der Waals surface area contributed by atoms with Gasteiger partial charge in [0.1, 0.15) is 6.04 Å². The number of nitro groups is 1. The molecule has 1 rings (SSSR count). The number of benzene rings is 1. The van der Waals surface area contributed by atoms with E-state index in [1.54, 1.807) is 6.92 Å². The van der Waals surface area contributed by atoms with Crippen molar-refractivity contribution in [2.24, 2.45) is 5.92 Å². The molecule has 0 radical (unpaired) electrons. The van der Waals surface area contributed by atoms with Gasteiger partial charge in [-0.15, -0.1) is 0 Å². The molecule has 114 valence electrons. The minimum atomic E-state index is -1.13. The number of rotatable bonds is 6. The number of nitrogens with zero attached hydrogens (tertiary/aromatic N) is 1. The summed E-state index contributed by atoms with van der Waals surface area (Å²) in [7, 11) is 0. The third-order valence-corrected chi connectivity index (χ3v) is 3.08. The second-order valence-corrected chi connectivity index (χ2v) is 4.61. The molecule has 0 saturated carbocycles. The summed E-state index contributed by atoms with van der Waals surface area (Å²) in [6.07, 6.45) is 0.591. The summed E-state index contributed by atoms with van der Waals surface area (Å²) in [6, 6.07) is 3.65. The van der Waals surface area contributed by atoms with Crippen LogP contribution in [-0.2, 0) is 4.79 Å². The maximum Gasteiger partial charge on any atom is 0.326 e. The van der Waals surface area contributed by atoms with Gasteiger partial charge in [0.25, 0.3) is 5.69 Å². The number of carbonyl (C=O) groups excluding carboxylic acids is 1. The largest absolute Gasteiger partial charge is 0.480 e. The van der Waals surface area contributed by atoms with Crippen LogP contribution >= 0.6 is 0 Å². The van der Waals surface area contributed by atoms with Crippen molar-refractivity contribution in [1.29, 1.82) is 0 Å². The van der Waals surface area contributed by atoms with E-state index < -0.39 is 23.0 Å². The third kappa shape index (κ3) is 4.75. The maximum absolute atomic E-state index is 11.8. The number of hydrogen-bond acceptors (Lipinski definition) is 4. The summed E-state index contributed by atoms with van der Waals surface area (Å²) in [5.41, 5.74) is 0.0551. The lowest BCUT2D eigenvalue weighted by atomic mass is 9.99. The SMILES string of the molecule is CCC(C)C(NC(=O)Nc1cccc([N+](=O)[O-])c1)C(=O)O. The first kappa shape index (κ1) is 16.4. The summed E-state index contributed by atoms with van der Waals surface area (Å²) in [5, 5.41) is 24.4. The minimum Gasteiger partial charge on any atom is -0.480 e. The van der Waals surface area contributed by atoms with Gasteiger partial charge in [-0.1, -0.05) is 26.3 Å². The van der Waals surface area contributed by atoms with Gasteiger partial charge in [0.05, 0.1) is 4.92 Å². The summed E-state index contributed by atoms with van der Waals surface area (Å²) in [4.78, 5) is 32.9. The predicted molar refractivity (Wildman–Crippen MR) is 76.1 cm³/mol. The first-order valence-electron chi connectivity index (χ1n) is 6.40. The fourth-order valence-electron chi connectivity index (χ4n) is 1.69. The van der Waals surface area contributed by atoms with Crippen LogP contribution in [0.25, 0.3) is 0 Å². The second kappa shape index (κ2) is 7.22. The number of hydrogen-bond donors (Lipinski definition) is 3. The number of nitro benzene ring substituents is 1. The molecule has 0 heterocycles. The molecular formula is C13H17N3O5. The Labute approximate surface area is 121 Å². The van der Waals surface area contributed by atoms with Crippen LogP contribution in [0.5, 0.6) is 0 Å². The van der Waals surface area contributed by atoms with Crippen molar-refractivity contribution in [1.82, 2.24) is 5.32 Å². The number of carboxylic acids is 1. The van der Waals surface area contributed by atoms with Crippen LogP contribution in [0.15, 0.2) is 24.3 Å². The molecule has 3 N–H and O–H groups in total. The van der Waals surface area contributed by atoms with Crippen LogP contribution in [0.4, 0.5) is 16.2 Å². The normalized spacial score (nSPS) is 13.0. The number of aliphatic carboxylic acids is 1. The van der Waals surface area contributed by atoms with E-state index in [-0.39, 0.29) is 17.3 Å². The van der Waals surface area contributed by atoms with Crippen LogP contribution in [0.1, 0.15) is 20.3 Å². The molecule has 8 heteroatoms. The number of urea groups is 1. The van der Waals surface area contributed by atoms with E-state index in [9.17, 15) is 19.7 Å². The van der Waals surface area contributed by atoms with Crippen molar-refractivity contribution in [2.45, 2.75) is 26.3 Å². The summed E-state index contributed by atoms with van der Waals surface area (Å²) in [6.45, 7) is 3.53. The Bertz CT molecular complexity index is 546. The predicted octanol–water partition coefficient (Wildman–Crippen LogP) is 2.22. The topological polar surface area (TPSA) is 122 Å². The van der Waals surface area contributed by atoms with E-state index >= 15 is 0 Å². The zero-order chi connectivity index (χ0) is 16.0. The Kier molecular flexibility index (Phi) is 5.65. The van der Waals surface area contributed by atoms with Crippen LogP contribution in [0.2, 0.25) is 0 Å². The molecule has 0 saturated heterocycles. The van der Waals surface area contributed by atoms with Gasteiger partial charge in [0.2, 0.25) is 0 Å². The molecule has 0 fully saturated rings. The van der Waals surface area contributed by atoms with Crippen molar-refractivity contribution in [3.63, 3.8) is 0 Å². The molecule has 2 atom stereocenters. The lowest BCUT2D eigenvalue weighted by Gasteiger charge is -2.20. The number of carbonyl (C=O) groups is 2. The van der Waals surface area contributed by atoms with Crippen molar-refractivity contribution < 1.29 is 19.6 Å². The van der Waals surface area contributed by atoms with Crippen molar-refractivity contribution in [3.05, 3.63) is 34.4 Å². The molecule has 0 spiro atoms. The highest BCUT2D eigenvalue weighted by molar-refractivity contribution is 5.92. The van der Waals surface area contributed by atoms with Crippen molar-refractivity contribution in [2.75, 3.05) is 5.32 Å². The average molecular weight is 295 g/mol. The smallest absolute Gasteiger partial charge is 0.326 e. The Morgan fingerprint density at radius 1 is 1.43 bits per heavy atom. The lowest BCUT2D eigenvalue weighted by molar-refractivity contribution is -0.384. The van der Waals surface area contributed by atoms with E-state index in [4.69, 9.17) is 5.11 Å². The highest BCUT2D eigenvalue weighted by Crippen LogP contribution is 2.17. The van der Waals surface area contributed by atoms with Gasteiger partial charge >= 0.3 is 12.0 Å². The van der Waals surface area contributed by atoms with Gasteiger partial charge in [-0.2, -0.15) is 0 Å². The van der Waals surface area contributed by atoms with Gasteiger partial charge in [0, 0.05) is 17.8 Å². The molecule has 0 aromatic heterocycles. The number of anilines is 1. The van der Waals surface area contributed by atoms with Gasteiger partial charge in [-0.25, -0.2) is 9.59 Å². The van der Waals surface area contributed by atoms with E-state index in [2.05, 4.69) is 10.6 Å². The monoisotopic (exact) mass is 295 g/mol. The Hall–Kier alpha value is -2.64. The molecule has 1 aromatic carbocycles. The number of amides is 2. The van der Waals surface area contributed by atoms with E-state index in [1.807, 2.05) is 6.92 Å². The second-order valence-electron chi connectivity index (χ2n) is 4.61. The quantitative estimate of drug-likeness (QED) is 0.548. The van der Waals surface area contributed by atoms with Gasteiger partial charge in [0.15, 0.2) is 0 Å². The molecule has 0 bridgehead atoms. The Morgan fingerprint density at radius 2 is 2.10 bits per heavy atom. The van der Waals surface area contributed by atoms with Gasteiger partial charge in [-0.3, -0.25) is 10.1 Å². The van der Waals surface area contributed by atoms with Crippen LogP contribution < -0.4 is 10.6 Å². The standard InChI is InChI=1S/C13H17N3O5/c1-3-8(2)11(12(17)18)15-13(19)14-9-5-4-6-10(7-9)16(20)21/h4-8,11H,3H2,1-2H3,(H,17,18)(H2,14,15,19). The molecule has 2 amide bonds. The number of nitrogens with one attached hydrogen (secondary N) is 2. The van der Waals surface area contributed by atoms with Crippen LogP contribution in [0.3, 0.4) is 0 Å². The van der Waals surface area contributed by atoms with E-state index in [0.29, 0.717) is 6.42 Å². The lowest BCUT2D eigenvalue weighted by Crippen LogP contribution is -2.46. The first-order chi connectivity index (χ1) is 9.85. The Morgan fingerprint density at radius 3 is 2.62 bits per heavy atom. The average Bonchev–Trinajstić information content (AvgIpc) is 2.43. The first-order valence-corrected chi connectivity index (χ1v) is 6.40. The zero-order valence-corrected chi connectivity index (χ0v) is 11.7. The van der Waals surface area contributed by atoms with Crippen molar-refractivity contribution in [3.8, 4) is 0 Å². The number of non-ortho nitro benzene ring substituents is 1.